The van der Waals surface area contributed by atoms with Gasteiger partial charge in [-0.2, -0.15) is 0 Å². The predicted molar refractivity (Wildman–Crippen MR) is 95.4 cm³/mol. The lowest BCUT2D eigenvalue weighted by Crippen LogP contribution is -2.47. The van der Waals surface area contributed by atoms with Crippen molar-refractivity contribution in [3.8, 4) is 5.75 Å². The molecule has 1 aliphatic heterocycles. The van der Waals surface area contributed by atoms with Crippen molar-refractivity contribution in [2.24, 2.45) is 0 Å². The number of ether oxygens (including phenoxy) is 1. The van der Waals surface area contributed by atoms with Gasteiger partial charge in [-0.3, -0.25) is 4.79 Å². The zero-order chi connectivity index (χ0) is 16.9. The molecule has 0 spiro atoms. The number of hydrogen-bond acceptors (Lipinski definition) is 5. The van der Waals surface area contributed by atoms with Gasteiger partial charge >= 0.3 is 0 Å². The molecule has 128 valence electrons. The van der Waals surface area contributed by atoms with Gasteiger partial charge in [0.25, 0.3) is 0 Å². The van der Waals surface area contributed by atoms with Crippen molar-refractivity contribution in [1.29, 1.82) is 0 Å². The second kappa shape index (κ2) is 7.77. The average molecular weight is 345 g/mol. The molecule has 6 heteroatoms. The molecule has 1 aromatic heterocycles. The van der Waals surface area contributed by atoms with Crippen LogP contribution < -0.4 is 4.74 Å². The number of nitrogens with zero attached hydrogens (tertiary/aromatic N) is 3. The van der Waals surface area contributed by atoms with Crippen molar-refractivity contribution in [2.75, 3.05) is 33.2 Å². The summed E-state index contributed by atoms with van der Waals surface area (Å²) in [4.78, 5) is 22.3. The maximum atomic E-state index is 12.5. The Hall–Kier alpha value is -1.92. The molecule has 0 unspecified atom stereocenters. The number of rotatable bonds is 5. The molecule has 5 nitrogen and oxygen atoms in total. The number of carbonyl (C=O) groups excluding carboxylic acids is 1. The summed E-state index contributed by atoms with van der Waals surface area (Å²) in [7, 11) is 2.09. The molecule has 0 atom stereocenters. The first-order valence-corrected chi connectivity index (χ1v) is 9.03. The second-order valence-electron chi connectivity index (χ2n) is 6.08. The lowest BCUT2D eigenvalue weighted by Gasteiger charge is -2.32. The zero-order valence-corrected chi connectivity index (χ0v) is 15.0. The summed E-state index contributed by atoms with van der Waals surface area (Å²) in [6.45, 7) is 5.94. The quantitative estimate of drug-likeness (QED) is 0.834. The molecule has 1 aromatic carbocycles. The molecule has 0 radical (unpaired) electrons. The Kier molecular flexibility index (Phi) is 5.48. The normalized spacial score (nSPS) is 15.5. The van der Waals surface area contributed by atoms with Crippen molar-refractivity contribution in [3.63, 3.8) is 0 Å². The van der Waals surface area contributed by atoms with Gasteiger partial charge in [0, 0.05) is 31.1 Å². The first-order chi connectivity index (χ1) is 11.6. The van der Waals surface area contributed by atoms with Crippen LogP contribution in [-0.4, -0.2) is 53.9 Å². The van der Waals surface area contributed by atoms with Crippen molar-refractivity contribution in [2.45, 2.75) is 20.0 Å². The third-order valence-corrected chi connectivity index (χ3v) is 5.34. The largest absolute Gasteiger partial charge is 0.486 e. The van der Waals surface area contributed by atoms with E-state index in [0.717, 1.165) is 47.5 Å². The number of likely N-dealkylation sites (N-methyl/N-ethyl adjacent to an activating group) is 1. The minimum Gasteiger partial charge on any atom is -0.486 e. The molecule has 3 rings (SSSR count). The Morgan fingerprint density at radius 3 is 2.62 bits per heavy atom. The number of aryl methyl sites for hydroxylation is 1. The number of carbonyl (C=O) groups is 1. The molecule has 24 heavy (non-hydrogen) atoms. The van der Waals surface area contributed by atoms with Crippen molar-refractivity contribution in [1.82, 2.24) is 14.8 Å². The molecule has 1 fully saturated rings. The molecule has 1 amide bonds. The van der Waals surface area contributed by atoms with Crippen LogP contribution in [0.4, 0.5) is 0 Å². The molecule has 0 bridgehead atoms. The summed E-state index contributed by atoms with van der Waals surface area (Å²) in [5.41, 5.74) is 0.939. The van der Waals surface area contributed by atoms with Crippen LogP contribution in [0.15, 0.2) is 30.3 Å². The van der Waals surface area contributed by atoms with E-state index in [2.05, 4.69) is 16.9 Å². The van der Waals surface area contributed by atoms with Gasteiger partial charge in [0.15, 0.2) is 0 Å². The maximum absolute atomic E-state index is 12.5. The van der Waals surface area contributed by atoms with Crippen LogP contribution in [-0.2, 0) is 17.8 Å². The highest BCUT2D eigenvalue weighted by atomic mass is 32.1. The Bertz CT molecular complexity index is 679. The molecular weight excluding hydrogens is 322 g/mol. The van der Waals surface area contributed by atoms with E-state index in [4.69, 9.17) is 4.74 Å². The highest BCUT2D eigenvalue weighted by Gasteiger charge is 2.21. The van der Waals surface area contributed by atoms with Gasteiger partial charge in [-0.1, -0.05) is 18.2 Å². The van der Waals surface area contributed by atoms with E-state index in [1.807, 2.05) is 42.2 Å². The van der Waals surface area contributed by atoms with Gasteiger partial charge in [0.2, 0.25) is 5.91 Å². The van der Waals surface area contributed by atoms with Gasteiger partial charge in [0.1, 0.15) is 17.4 Å². The standard InChI is InChI=1S/C18H23N3O2S/c1-14-16(12-18(22)21-10-8-20(2)9-11-21)24-17(19-14)13-23-15-6-4-3-5-7-15/h3-7H,8-13H2,1-2H3. The number of piperazine rings is 1. The number of hydrogen-bond donors (Lipinski definition) is 0. The van der Waals surface area contributed by atoms with Crippen molar-refractivity contribution < 1.29 is 9.53 Å². The fourth-order valence-electron chi connectivity index (χ4n) is 2.68. The number of amides is 1. The van der Waals surface area contributed by atoms with E-state index in [1.165, 1.54) is 0 Å². The summed E-state index contributed by atoms with van der Waals surface area (Å²) in [5, 5.41) is 0.914. The Morgan fingerprint density at radius 1 is 1.21 bits per heavy atom. The van der Waals surface area contributed by atoms with Crippen LogP contribution in [0.3, 0.4) is 0 Å². The number of para-hydroxylation sites is 1. The SMILES string of the molecule is Cc1nc(COc2ccccc2)sc1CC(=O)N1CCN(C)CC1. The van der Waals surface area contributed by atoms with Crippen LogP contribution in [0.25, 0.3) is 0 Å². The van der Waals surface area contributed by atoms with Crippen LogP contribution >= 0.6 is 11.3 Å². The Morgan fingerprint density at radius 2 is 1.92 bits per heavy atom. The molecule has 2 aromatic rings. The lowest BCUT2D eigenvalue weighted by atomic mass is 10.2. The van der Waals surface area contributed by atoms with Gasteiger partial charge in [-0.05, 0) is 26.1 Å². The minimum absolute atomic E-state index is 0.199. The van der Waals surface area contributed by atoms with E-state index >= 15 is 0 Å². The Labute approximate surface area is 146 Å². The first-order valence-electron chi connectivity index (χ1n) is 8.21. The van der Waals surface area contributed by atoms with E-state index in [-0.39, 0.29) is 5.91 Å². The zero-order valence-electron chi connectivity index (χ0n) is 14.2. The molecule has 1 saturated heterocycles. The summed E-state index contributed by atoms with van der Waals surface area (Å²) >= 11 is 1.58. The summed E-state index contributed by atoms with van der Waals surface area (Å²) in [5.74, 6) is 1.03. The average Bonchev–Trinajstić information content (AvgIpc) is 2.94. The van der Waals surface area contributed by atoms with Crippen LogP contribution in [0.5, 0.6) is 5.75 Å². The van der Waals surface area contributed by atoms with Crippen LogP contribution in [0.2, 0.25) is 0 Å². The van der Waals surface area contributed by atoms with Gasteiger partial charge in [-0.15, -0.1) is 11.3 Å². The van der Waals surface area contributed by atoms with Gasteiger partial charge < -0.3 is 14.5 Å². The van der Waals surface area contributed by atoms with E-state index in [0.29, 0.717) is 13.0 Å². The third kappa shape index (κ3) is 4.33. The van der Waals surface area contributed by atoms with Gasteiger partial charge in [-0.25, -0.2) is 4.98 Å². The van der Waals surface area contributed by atoms with Crippen LogP contribution in [0.1, 0.15) is 15.6 Å². The fraction of sp³-hybridized carbons (Fsp3) is 0.444. The maximum Gasteiger partial charge on any atom is 0.227 e. The number of aromatic nitrogens is 1. The fourth-order valence-corrected chi connectivity index (χ4v) is 3.65. The third-order valence-electron chi connectivity index (χ3n) is 4.21. The molecule has 0 N–H and O–H groups in total. The molecule has 0 saturated carbocycles. The number of thiazole rings is 1. The molecular formula is C18H23N3O2S. The molecule has 1 aliphatic rings. The molecule has 2 heterocycles. The second-order valence-corrected chi connectivity index (χ2v) is 7.25. The van der Waals surface area contributed by atoms with Crippen molar-refractivity contribution in [3.05, 3.63) is 45.9 Å². The van der Waals surface area contributed by atoms with Crippen LogP contribution in [0, 0.1) is 6.92 Å². The van der Waals surface area contributed by atoms with Crippen molar-refractivity contribution >= 4 is 17.2 Å². The summed E-state index contributed by atoms with van der Waals surface area (Å²) in [6, 6.07) is 9.71. The van der Waals surface area contributed by atoms with Gasteiger partial charge in [0.05, 0.1) is 12.1 Å². The Balaban J connectivity index is 1.56. The first kappa shape index (κ1) is 16.9. The van der Waals surface area contributed by atoms with E-state index in [1.54, 1.807) is 11.3 Å². The topological polar surface area (TPSA) is 45.7 Å². The minimum atomic E-state index is 0.199. The highest BCUT2D eigenvalue weighted by molar-refractivity contribution is 7.11. The van der Waals surface area contributed by atoms with E-state index in [9.17, 15) is 4.79 Å². The number of benzene rings is 1. The summed E-state index contributed by atoms with van der Waals surface area (Å²) in [6.07, 6.45) is 0.443. The van der Waals surface area contributed by atoms with E-state index < -0.39 is 0 Å². The lowest BCUT2D eigenvalue weighted by molar-refractivity contribution is -0.131. The molecule has 0 aliphatic carbocycles. The monoisotopic (exact) mass is 345 g/mol. The predicted octanol–water partition coefficient (Wildman–Crippen LogP) is 2.35. The smallest absolute Gasteiger partial charge is 0.227 e. The summed E-state index contributed by atoms with van der Waals surface area (Å²) < 4.78 is 5.74. The highest BCUT2D eigenvalue weighted by Crippen LogP contribution is 2.21.